The lowest BCUT2D eigenvalue weighted by Crippen LogP contribution is -2.62. The van der Waals surface area contributed by atoms with E-state index in [4.69, 9.17) is 9.26 Å². The molecule has 2 amide bonds. The second-order valence-electron chi connectivity index (χ2n) is 13.2. The van der Waals surface area contributed by atoms with Gasteiger partial charge in [-0.1, -0.05) is 12.1 Å². The van der Waals surface area contributed by atoms with Crippen molar-refractivity contribution >= 4 is 6.03 Å². The summed E-state index contributed by atoms with van der Waals surface area (Å²) in [6.45, 7) is 9.09. The lowest BCUT2D eigenvalue weighted by Gasteiger charge is -2.45. The minimum Gasteiger partial charge on any atom is -0.372 e. The number of carbonyl (C=O) groups is 1. The molecule has 2 aliphatic heterocycles. The van der Waals surface area contributed by atoms with Gasteiger partial charge in [-0.3, -0.25) is 0 Å². The molecule has 2 saturated heterocycles. The second-order valence-corrected chi connectivity index (χ2v) is 13.2. The molecular weight excluding hydrogens is 511 g/mol. The Labute approximate surface area is 228 Å². The van der Waals surface area contributed by atoms with E-state index in [1.807, 2.05) is 6.92 Å². The number of amides is 2. The fraction of sp³-hybridized carbons (Fsp3) is 0.893. The summed E-state index contributed by atoms with van der Waals surface area (Å²) in [5, 5.41) is 6.80. The van der Waals surface area contributed by atoms with Gasteiger partial charge in [0.05, 0.1) is 18.1 Å². The Hall–Kier alpha value is -1.88. The largest absolute Gasteiger partial charge is 0.372 e. The summed E-state index contributed by atoms with van der Waals surface area (Å²) in [4.78, 5) is 21.8. The minimum absolute atomic E-state index is 0.0165. The number of hydrogen-bond donors (Lipinski definition) is 1. The fourth-order valence-corrected chi connectivity index (χ4v) is 7.23. The van der Waals surface area contributed by atoms with Gasteiger partial charge in [-0.25, -0.2) is 18.0 Å². The van der Waals surface area contributed by atoms with E-state index in [0.29, 0.717) is 74.8 Å². The zero-order chi connectivity index (χ0) is 27.5. The Balaban J connectivity index is 1.08. The minimum atomic E-state index is -3.02. The van der Waals surface area contributed by atoms with E-state index in [-0.39, 0.29) is 18.4 Å². The van der Waals surface area contributed by atoms with Crippen LogP contribution in [-0.4, -0.2) is 88.5 Å². The molecule has 5 fully saturated rings. The SMILES string of the molecule is CC(C)N1CC2CC[C@H](C1)C2O[C@H]1CCCC(F)(F)[C@@H]1NC(=O)N1CCC(C)(c2noc([C@@H]3C[C@@H]3F)n2)CC1. The van der Waals surface area contributed by atoms with Crippen LogP contribution in [0.5, 0.6) is 0 Å². The average Bonchev–Trinajstić information content (AvgIpc) is 3.31. The van der Waals surface area contributed by atoms with E-state index in [2.05, 4.69) is 34.2 Å². The van der Waals surface area contributed by atoms with Crippen LogP contribution >= 0.6 is 0 Å². The topological polar surface area (TPSA) is 83.7 Å². The fourth-order valence-electron chi connectivity index (χ4n) is 7.23. The molecule has 218 valence electrons. The molecule has 2 bridgehead atoms. The number of nitrogens with zero attached hydrogens (tertiary/aromatic N) is 4. The molecule has 11 heteroatoms. The molecule has 0 radical (unpaired) electrons. The lowest BCUT2D eigenvalue weighted by atomic mass is 9.79. The zero-order valence-corrected chi connectivity index (χ0v) is 23.3. The number of piperidine rings is 2. The highest BCUT2D eigenvalue weighted by Crippen LogP contribution is 2.45. The Morgan fingerprint density at radius 2 is 1.79 bits per heavy atom. The molecule has 7 atom stereocenters. The van der Waals surface area contributed by atoms with E-state index < -0.39 is 35.7 Å². The second kappa shape index (κ2) is 10.2. The molecule has 0 aromatic carbocycles. The predicted octanol–water partition coefficient (Wildman–Crippen LogP) is 4.65. The number of nitrogens with one attached hydrogen (secondary N) is 1. The molecule has 1 aromatic heterocycles. The van der Waals surface area contributed by atoms with Gasteiger partial charge in [0.2, 0.25) is 5.89 Å². The summed E-state index contributed by atoms with van der Waals surface area (Å²) in [7, 11) is 0. The van der Waals surface area contributed by atoms with Crippen LogP contribution in [0.25, 0.3) is 0 Å². The van der Waals surface area contributed by atoms with Crippen molar-refractivity contribution < 1.29 is 27.2 Å². The van der Waals surface area contributed by atoms with Crippen LogP contribution in [-0.2, 0) is 10.2 Å². The summed E-state index contributed by atoms with van der Waals surface area (Å²) < 4.78 is 55.7. The van der Waals surface area contributed by atoms with E-state index >= 15 is 8.78 Å². The van der Waals surface area contributed by atoms with Crippen molar-refractivity contribution in [3.63, 3.8) is 0 Å². The third-order valence-electron chi connectivity index (χ3n) is 10.1. The average molecular weight is 554 g/mol. The number of rotatable bonds is 6. The van der Waals surface area contributed by atoms with Gasteiger partial charge in [-0.05, 0) is 70.6 Å². The molecule has 6 rings (SSSR count). The molecule has 1 aromatic rings. The molecule has 39 heavy (non-hydrogen) atoms. The number of halogens is 3. The molecule has 1 N–H and O–H groups in total. The van der Waals surface area contributed by atoms with Crippen molar-refractivity contribution in [3.8, 4) is 0 Å². The van der Waals surface area contributed by atoms with Gasteiger partial charge in [0.25, 0.3) is 5.92 Å². The maximum absolute atomic E-state index is 15.2. The third-order valence-corrected chi connectivity index (χ3v) is 10.1. The van der Waals surface area contributed by atoms with Gasteiger partial charge < -0.3 is 24.4 Å². The first-order valence-corrected chi connectivity index (χ1v) is 14.8. The van der Waals surface area contributed by atoms with Crippen molar-refractivity contribution in [2.24, 2.45) is 11.8 Å². The van der Waals surface area contributed by atoms with E-state index in [1.54, 1.807) is 4.90 Å². The Morgan fingerprint density at radius 3 is 2.41 bits per heavy atom. The number of ether oxygens (including phenoxy) is 1. The molecule has 8 nitrogen and oxygen atoms in total. The first-order chi connectivity index (χ1) is 18.5. The maximum Gasteiger partial charge on any atom is 0.317 e. The smallest absolute Gasteiger partial charge is 0.317 e. The van der Waals surface area contributed by atoms with E-state index in [1.165, 1.54) is 0 Å². The van der Waals surface area contributed by atoms with Gasteiger partial charge in [0, 0.05) is 44.1 Å². The molecular formula is C28H42F3N5O3. The molecule has 2 unspecified atom stereocenters. The number of aromatic nitrogens is 2. The summed E-state index contributed by atoms with van der Waals surface area (Å²) in [6, 6.07) is -1.34. The van der Waals surface area contributed by atoms with Crippen LogP contribution in [0.15, 0.2) is 4.52 Å². The summed E-state index contributed by atoms with van der Waals surface area (Å²) in [5.41, 5.74) is -0.413. The quantitative estimate of drug-likeness (QED) is 0.552. The first kappa shape index (κ1) is 27.3. The number of fused-ring (bicyclic) bond motifs is 2. The van der Waals surface area contributed by atoms with Crippen LogP contribution in [0.2, 0.25) is 0 Å². The van der Waals surface area contributed by atoms with Gasteiger partial charge in [-0.2, -0.15) is 4.98 Å². The first-order valence-electron chi connectivity index (χ1n) is 14.8. The third kappa shape index (κ3) is 5.29. The van der Waals surface area contributed by atoms with Gasteiger partial charge >= 0.3 is 6.03 Å². The van der Waals surface area contributed by atoms with Crippen LogP contribution < -0.4 is 5.32 Å². The highest BCUT2D eigenvalue weighted by molar-refractivity contribution is 5.75. The zero-order valence-electron chi connectivity index (χ0n) is 23.3. The number of alkyl halides is 3. The standard InChI is InChI=1S/C28H42F3N5O3/c1-16(2)36-14-17-6-7-18(15-36)22(17)38-21-5-4-8-28(30,31)23(21)32-26(37)35-11-9-27(3,10-12-35)25-33-24(39-34-25)19-13-20(19)29/h16-23H,4-15H2,1-3H3,(H,32,37)/t17-,18?,19-,20+,21+,22?,23-/m1/s1. The molecule has 3 heterocycles. The highest BCUT2D eigenvalue weighted by Gasteiger charge is 2.52. The van der Waals surface area contributed by atoms with Gasteiger partial charge in [-0.15, -0.1) is 0 Å². The Morgan fingerprint density at radius 1 is 1.13 bits per heavy atom. The number of hydrogen-bond acceptors (Lipinski definition) is 6. The monoisotopic (exact) mass is 553 g/mol. The Bertz CT molecular complexity index is 1030. The van der Waals surface area contributed by atoms with Crippen LogP contribution in [0, 0.1) is 11.8 Å². The lowest BCUT2D eigenvalue weighted by molar-refractivity contribution is -0.161. The number of carbonyl (C=O) groups excluding carboxylic acids is 1. The van der Waals surface area contributed by atoms with Crippen molar-refractivity contribution in [1.29, 1.82) is 0 Å². The van der Waals surface area contributed by atoms with Crippen LogP contribution in [0.1, 0.15) is 89.8 Å². The summed E-state index contributed by atoms with van der Waals surface area (Å²) >= 11 is 0. The van der Waals surface area contributed by atoms with E-state index in [0.717, 1.165) is 25.9 Å². The normalized spacial score (nSPS) is 37.7. The molecule has 5 aliphatic rings. The number of urea groups is 1. The summed E-state index contributed by atoms with van der Waals surface area (Å²) in [5.74, 6) is -1.72. The van der Waals surface area contributed by atoms with Crippen LogP contribution in [0.4, 0.5) is 18.0 Å². The van der Waals surface area contributed by atoms with Crippen molar-refractivity contribution in [3.05, 3.63) is 11.7 Å². The Kier molecular flexibility index (Phi) is 7.13. The maximum atomic E-state index is 15.2. The van der Waals surface area contributed by atoms with Gasteiger partial charge in [0.1, 0.15) is 12.2 Å². The van der Waals surface area contributed by atoms with Crippen molar-refractivity contribution in [1.82, 2.24) is 25.3 Å². The highest BCUT2D eigenvalue weighted by atomic mass is 19.3. The summed E-state index contributed by atoms with van der Waals surface area (Å²) in [6.07, 6.45) is 2.77. The molecule has 3 aliphatic carbocycles. The predicted molar refractivity (Wildman–Crippen MR) is 137 cm³/mol. The van der Waals surface area contributed by atoms with Crippen LogP contribution in [0.3, 0.4) is 0 Å². The van der Waals surface area contributed by atoms with Gasteiger partial charge in [0.15, 0.2) is 5.82 Å². The van der Waals surface area contributed by atoms with Crippen molar-refractivity contribution in [2.45, 2.75) is 120 Å². The van der Waals surface area contributed by atoms with E-state index in [9.17, 15) is 9.18 Å². The molecule has 0 spiro atoms. The molecule has 3 saturated carbocycles. The number of likely N-dealkylation sites (tertiary alicyclic amines) is 2. The van der Waals surface area contributed by atoms with Crippen molar-refractivity contribution in [2.75, 3.05) is 26.2 Å².